The summed E-state index contributed by atoms with van der Waals surface area (Å²) in [6.45, 7) is 6.21. The van der Waals surface area contributed by atoms with Crippen molar-refractivity contribution < 1.29 is 8.78 Å². The van der Waals surface area contributed by atoms with Crippen LogP contribution in [0.2, 0.25) is 0 Å². The normalized spacial score (nSPS) is 25.8. The Morgan fingerprint density at radius 2 is 1.96 bits per heavy atom. The van der Waals surface area contributed by atoms with Crippen molar-refractivity contribution in [1.82, 2.24) is 20.1 Å². The summed E-state index contributed by atoms with van der Waals surface area (Å²) in [5, 5.41) is 14.6. The lowest BCUT2D eigenvalue weighted by molar-refractivity contribution is 0.222. The second-order valence-electron chi connectivity index (χ2n) is 7.30. The summed E-state index contributed by atoms with van der Waals surface area (Å²) in [5.74, 6) is 0. The summed E-state index contributed by atoms with van der Waals surface area (Å²) in [7, 11) is 1.71. The van der Waals surface area contributed by atoms with Crippen LogP contribution in [0.25, 0.3) is 10.9 Å². The lowest BCUT2D eigenvalue weighted by atomic mass is 10.1. The molecule has 0 saturated carbocycles. The van der Waals surface area contributed by atoms with Gasteiger partial charge in [0.1, 0.15) is 0 Å². The maximum atomic E-state index is 13.1. The van der Waals surface area contributed by atoms with E-state index in [1.54, 1.807) is 28.5 Å². The predicted octanol–water partition coefficient (Wildman–Crippen LogP) is 3.66. The molecule has 2 aliphatic rings. The summed E-state index contributed by atoms with van der Waals surface area (Å²) < 4.78 is 28.0. The van der Waals surface area contributed by atoms with Gasteiger partial charge in [0.25, 0.3) is 6.43 Å². The molecule has 3 atom stereocenters. The molecule has 1 fully saturated rings. The molecule has 2 aromatic rings. The first kappa shape index (κ1) is 19.8. The number of aromatic nitrogens is 2. The van der Waals surface area contributed by atoms with Gasteiger partial charge >= 0.3 is 0 Å². The highest BCUT2D eigenvalue weighted by molar-refractivity contribution is 8.14. The second-order valence-corrected chi connectivity index (χ2v) is 9.25. The van der Waals surface area contributed by atoms with Crippen molar-refractivity contribution >= 4 is 45.2 Å². The molecule has 0 amide bonds. The maximum absolute atomic E-state index is 13.1. The molecule has 0 radical (unpaired) electrons. The minimum atomic E-state index is -2.57. The molecule has 3 heterocycles. The van der Waals surface area contributed by atoms with Crippen LogP contribution in [-0.2, 0) is 0 Å². The van der Waals surface area contributed by atoms with E-state index in [0.29, 0.717) is 12.1 Å². The number of anilines is 1. The highest BCUT2D eigenvalue weighted by atomic mass is 32.2. The Morgan fingerprint density at radius 3 is 2.57 bits per heavy atom. The first-order valence-corrected chi connectivity index (χ1v) is 11.3. The molecular formula is C18H24F2N6S2. The van der Waals surface area contributed by atoms with Crippen LogP contribution in [0, 0.1) is 0 Å². The van der Waals surface area contributed by atoms with Gasteiger partial charge in [0, 0.05) is 48.2 Å². The molecule has 0 bridgehead atoms. The third-order valence-corrected chi connectivity index (χ3v) is 6.92. The van der Waals surface area contributed by atoms with Crippen molar-refractivity contribution in [2.24, 2.45) is 5.10 Å². The third-order valence-electron chi connectivity index (χ3n) is 5.00. The molecule has 1 N–H and O–H groups in total. The Bertz CT molecular complexity index is 892. The van der Waals surface area contributed by atoms with Crippen LogP contribution in [0.4, 0.5) is 14.5 Å². The predicted molar refractivity (Wildman–Crippen MR) is 114 cm³/mol. The Balaban J connectivity index is 1.76. The van der Waals surface area contributed by atoms with Crippen LogP contribution in [0.1, 0.15) is 19.3 Å². The van der Waals surface area contributed by atoms with E-state index in [2.05, 4.69) is 46.4 Å². The topological polar surface area (TPSA) is 48.7 Å². The average Bonchev–Trinajstić information content (AvgIpc) is 3.23. The van der Waals surface area contributed by atoms with Crippen LogP contribution >= 0.6 is 23.5 Å². The summed E-state index contributed by atoms with van der Waals surface area (Å²) in [6, 6.07) is 5.08. The summed E-state index contributed by atoms with van der Waals surface area (Å²) in [4.78, 5) is 3.52. The van der Waals surface area contributed by atoms with E-state index in [0.717, 1.165) is 46.3 Å². The van der Waals surface area contributed by atoms with Gasteiger partial charge in [-0.3, -0.25) is 5.01 Å². The number of alkyl halides is 2. The molecule has 1 saturated heterocycles. The minimum absolute atomic E-state index is 0.165. The van der Waals surface area contributed by atoms with E-state index in [1.165, 1.54) is 0 Å². The van der Waals surface area contributed by atoms with Gasteiger partial charge in [-0.05, 0) is 32.2 Å². The smallest absolute Gasteiger partial charge is 0.288 e. The monoisotopic (exact) mass is 426 g/mol. The van der Waals surface area contributed by atoms with Gasteiger partial charge in [0.05, 0.1) is 11.7 Å². The molecule has 3 unspecified atom stereocenters. The number of piperazine rings is 1. The molecule has 6 nitrogen and oxygen atoms in total. The lowest BCUT2D eigenvalue weighted by Crippen LogP contribution is -2.54. The highest BCUT2D eigenvalue weighted by Crippen LogP contribution is 2.40. The van der Waals surface area contributed by atoms with Crippen LogP contribution < -0.4 is 10.2 Å². The largest absolute Gasteiger partial charge is 0.368 e. The minimum Gasteiger partial charge on any atom is -0.368 e. The van der Waals surface area contributed by atoms with Crippen molar-refractivity contribution in [2.45, 2.75) is 42.7 Å². The van der Waals surface area contributed by atoms with Crippen LogP contribution in [0.3, 0.4) is 0 Å². The number of rotatable bonds is 4. The molecule has 2 aliphatic heterocycles. The third kappa shape index (κ3) is 3.57. The number of halogens is 2. The molecule has 0 spiro atoms. The number of nitrogens with one attached hydrogen (secondary N) is 1. The van der Waals surface area contributed by atoms with Gasteiger partial charge in [-0.25, -0.2) is 13.5 Å². The van der Waals surface area contributed by atoms with Gasteiger partial charge in [-0.15, -0.1) is 11.8 Å². The lowest BCUT2D eigenvalue weighted by Gasteiger charge is -2.38. The van der Waals surface area contributed by atoms with Crippen LogP contribution in [0.15, 0.2) is 28.3 Å². The van der Waals surface area contributed by atoms with E-state index < -0.39 is 11.9 Å². The van der Waals surface area contributed by atoms with Crippen molar-refractivity contribution in [2.75, 3.05) is 31.3 Å². The van der Waals surface area contributed by atoms with Gasteiger partial charge in [0.15, 0.2) is 10.5 Å². The molecule has 0 aliphatic carbocycles. The van der Waals surface area contributed by atoms with Crippen molar-refractivity contribution in [1.29, 1.82) is 0 Å². The van der Waals surface area contributed by atoms with E-state index in [-0.39, 0.29) is 5.04 Å². The van der Waals surface area contributed by atoms with Crippen LogP contribution in [0.5, 0.6) is 0 Å². The fourth-order valence-electron chi connectivity index (χ4n) is 3.90. The van der Waals surface area contributed by atoms with Gasteiger partial charge in [-0.2, -0.15) is 10.2 Å². The van der Waals surface area contributed by atoms with E-state index in [9.17, 15) is 8.78 Å². The molecule has 4 rings (SSSR count). The molecule has 28 heavy (non-hydrogen) atoms. The van der Waals surface area contributed by atoms with E-state index in [4.69, 9.17) is 0 Å². The van der Waals surface area contributed by atoms with Gasteiger partial charge < -0.3 is 10.2 Å². The zero-order valence-electron chi connectivity index (χ0n) is 16.3. The van der Waals surface area contributed by atoms with Crippen molar-refractivity contribution in [3.05, 3.63) is 18.3 Å². The Kier molecular flexibility index (Phi) is 5.45. The number of fused-ring (bicyclic) bond motifs is 1. The molecule has 1 aromatic heterocycles. The second kappa shape index (κ2) is 7.72. The Morgan fingerprint density at radius 1 is 1.25 bits per heavy atom. The molecule has 1 aromatic carbocycles. The summed E-state index contributed by atoms with van der Waals surface area (Å²) in [6.07, 6.45) is 1.32. The zero-order chi connectivity index (χ0) is 20.0. The molecule has 152 valence electrons. The fraction of sp³-hybridized carbons (Fsp3) is 0.556. The summed E-state index contributed by atoms with van der Waals surface area (Å²) in [5.41, 5.74) is 1.68. The Labute approximate surface area is 171 Å². The zero-order valence-corrected chi connectivity index (χ0v) is 17.9. The number of hydrogen-bond donors (Lipinski definition) is 1. The maximum Gasteiger partial charge on any atom is 0.288 e. The quantitative estimate of drug-likeness (QED) is 0.753. The molecular weight excluding hydrogens is 402 g/mol. The molecule has 10 heteroatoms. The first-order valence-electron chi connectivity index (χ1n) is 9.19. The standard InChI is InChI=1S/C18H24F2N6S2/c1-10-8-25(9-11(2)22-10)14-5-12(27-4)6-15-13(14)7-21-26(15)18-24(3)23-17(28-18)16(19)20/h5-7,10-11,16,18,22H,8-9H2,1-4H3. The number of hydrazone groups is 1. The number of benzene rings is 1. The fourth-order valence-corrected chi connectivity index (χ4v) is 5.32. The van der Waals surface area contributed by atoms with E-state index >= 15 is 0 Å². The number of thioether (sulfide) groups is 2. The van der Waals surface area contributed by atoms with Crippen molar-refractivity contribution in [3.8, 4) is 0 Å². The van der Waals surface area contributed by atoms with E-state index in [1.807, 2.05) is 12.5 Å². The van der Waals surface area contributed by atoms with Crippen LogP contribution in [-0.4, -0.2) is 64.7 Å². The number of nitrogens with zero attached hydrogens (tertiary/aromatic N) is 5. The van der Waals surface area contributed by atoms with Gasteiger partial charge in [0.2, 0.25) is 0 Å². The first-order chi connectivity index (χ1) is 13.4. The summed E-state index contributed by atoms with van der Waals surface area (Å²) >= 11 is 2.72. The highest BCUT2D eigenvalue weighted by Gasteiger charge is 2.33. The SMILES string of the molecule is CSc1cc(N2CC(C)NC(C)C2)c2cnn(C3SC(C(F)F)=NN3C)c2c1. The van der Waals surface area contributed by atoms with Gasteiger partial charge in [-0.1, -0.05) is 11.8 Å². The van der Waals surface area contributed by atoms with Crippen molar-refractivity contribution in [3.63, 3.8) is 0 Å². The average molecular weight is 427 g/mol. The Hall–Kier alpha value is -1.52. The number of hydrogen-bond acceptors (Lipinski definition) is 7.